The molecule has 0 aromatic heterocycles. The van der Waals surface area contributed by atoms with Gasteiger partial charge in [-0.25, -0.2) is 0 Å². The van der Waals surface area contributed by atoms with Crippen molar-refractivity contribution in [3.05, 3.63) is 11.6 Å². The molecular formula is C25H38O4. The maximum absolute atomic E-state index is 11.5. The first-order valence-corrected chi connectivity index (χ1v) is 11.8. The second kappa shape index (κ2) is 6.82. The van der Waals surface area contributed by atoms with Crippen LogP contribution in [0.25, 0.3) is 0 Å². The highest BCUT2D eigenvalue weighted by Gasteiger charge is 2.64. The maximum atomic E-state index is 11.5. The molecule has 1 aliphatic heterocycles. The van der Waals surface area contributed by atoms with Crippen LogP contribution in [0.5, 0.6) is 0 Å². The van der Waals surface area contributed by atoms with Gasteiger partial charge < -0.3 is 14.2 Å². The van der Waals surface area contributed by atoms with Gasteiger partial charge in [-0.05, 0) is 73.0 Å². The molecule has 29 heavy (non-hydrogen) atoms. The lowest BCUT2D eigenvalue weighted by Crippen LogP contribution is -2.51. The van der Waals surface area contributed by atoms with Crippen molar-refractivity contribution >= 4 is 5.97 Å². The van der Waals surface area contributed by atoms with Crippen LogP contribution in [0.2, 0.25) is 0 Å². The minimum atomic E-state index is -0.140. The van der Waals surface area contributed by atoms with Gasteiger partial charge in [0, 0.05) is 26.4 Å². The lowest BCUT2D eigenvalue weighted by Gasteiger charge is -2.58. The van der Waals surface area contributed by atoms with E-state index < -0.39 is 0 Å². The maximum Gasteiger partial charge on any atom is 0.302 e. The van der Waals surface area contributed by atoms with Crippen molar-refractivity contribution in [1.82, 2.24) is 0 Å². The molecule has 162 valence electrons. The number of carbonyl (C=O) groups is 1. The molecule has 1 saturated heterocycles. The number of allylic oxidation sites excluding steroid dienone is 1. The van der Waals surface area contributed by atoms with E-state index in [1.807, 2.05) is 0 Å². The molecule has 4 fully saturated rings. The van der Waals surface area contributed by atoms with Gasteiger partial charge in [0.1, 0.15) is 6.10 Å². The molecule has 0 bridgehead atoms. The van der Waals surface area contributed by atoms with E-state index in [1.54, 1.807) is 12.7 Å². The van der Waals surface area contributed by atoms with Crippen molar-refractivity contribution in [3.8, 4) is 0 Å². The first kappa shape index (κ1) is 20.1. The number of hydrogen-bond donors (Lipinski definition) is 0. The van der Waals surface area contributed by atoms with Crippen molar-refractivity contribution < 1.29 is 19.0 Å². The zero-order valence-electron chi connectivity index (χ0n) is 18.8. The second-order valence-electron chi connectivity index (χ2n) is 11.3. The van der Waals surface area contributed by atoms with Gasteiger partial charge >= 0.3 is 5.97 Å². The molecule has 3 saturated carbocycles. The molecule has 0 unspecified atom stereocenters. The zero-order valence-corrected chi connectivity index (χ0v) is 18.8. The molecule has 10 atom stereocenters. The van der Waals surface area contributed by atoms with E-state index in [1.165, 1.54) is 32.6 Å². The van der Waals surface area contributed by atoms with Gasteiger partial charge in [0.25, 0.3) is 0 Å². The fraction of sp³-hybridized carbons (Fsp3) is 0.880. The zero-order chi connectivity index (χ0) is 20.6. The largest absolute Gasteiger partial charge is 0.462 e. The highest BCUT2D eigenvalue weighted by atomic mass is 16.7. The van der Waals surface area contributed by atoms with Crippen molar-refractivity contribution in [2.75, 3.05) is 7.11 Å². The van der Waals surface area contributed by atoms with Crippen LogP contribution < -0.4 is 0 Å². The molecule has 5 rings (SSSR count). The highest BCUT2D eigenvalue weighted by Crippen LogP contribution is 2.68. The molecule has 5 aliphatic rings. The van der Waals surface area contributed by atoms with Gasteiger partial charge in [0.05, 0.1) is 6.10 Å². The Morgan fingerprint density at radius 1 is 1.21 bits per heavy atom. The molecule has 0 aromatic rings. The topological polar surface area (TPSA) is 44.8 Å². The Morgan fingerprint density at radius 2 is 2.00 bits per heavy atom. The minimum absolute atomic E-state index is 0.0284. The van der Waals surface area contributed by atoms with Crippen molar-refractivity contribution in [2.24, 2.45) is 40.4 Å². The molecule has 1 heterocycles. The number of hydrogen-bond acceptors (Lipinski definition) is 4. The summed E-state index contributed by atoms with van der Waals surface area (Å²) in [5.74, 6) is 3.10. The number of ether oxygens (including phenoxy) is 3. The summed E-state index contributed by atoms with van der Waals surface area (Å²) in [5.41, 5.74) is 2.24. The van der Waals surface area contributed by atoms with Crippen molar-refractivity contribution in [2.45, 2.75) is 91.1 Å². The van der Waals surface area contributed by atoms with Gasteiger partial charge in [0.2, 0.25) is 0 Å². The van der Waals surface area contributed by atoms with Crippen LogP contribution in [0.15, 0.2) is 11.6 Å². The summed E-state index contributed by atoms with van der Waals surface area (Å²) in [5, 5.41) is 0. The predicted molar refractivity (Wildman–Crippen MR) is 111 cm³/mol. The van der Waals surface area contributed by atoms with E-state index in [4.69, 9.17) is 14.2 Å². The van der Waals surface area contributed by atoms with E-state index in [0.29, 0.717) is 35.2 Å². The summed E-state index contributed by atoms with van der Waals surface area (Å²) >= 11 is 0. The van der Waals surface area contributed by atoms with Crippen LogP contribution in [0.3, 0.4) is 0 Å². The summed E-state index contributed by atoms with van der Waals surface area (Å²) < 4.78 is 17.8. The number of methoxy groups -OCH3 is 1. The van der Waals surface area contributed by atoms with E-state index in [9.17, 15) is 4.79 Å². The molecule has 0 spiro atoms. The number of carbonyl (C=O) groups excluding carboxylic acids is 1. The summed E-state index contributed by atoms with van der Waals surface area (Å²) in [6.45, 7) is 8.91. The first-order chi connectivity index (χ1) is 13.8. The lowest BCUT2D eigenvalue weighted by molar-refractivity contribution is -0.166. The van der Waals surface area contributed by atoms with Crippen LogP contribution in [0.1, 0.15) is 72.6 Å². The van der Waals surface area contributed by atoms with Crippen LogP contribution in [-0.4, -0.2) is 31.6 Å². The van der Waals surface area contributed by atoms with Gasteiger partial charge in [-0.3, -0.25) is 4.79 Å². The van der Waals surface area contributed by atoms with E-state index in [0.717, 1.165) is 25.2 Å². The van der Waals surface area contributed by atoms with Gasteiger partial charge in [-0.1, -0.05) is 32.4 Å². The van der Waals surface area contributed by atoms with Gasteiger partial charge in [-0.15, -0.1) is 0 Å². The fourth-order valence-corrected chi connectivity index (χ4v) is 8.51. The Labute approximate surface area is 175 Å². The lowest BCUT2D eigenvalue weighted by atomic mass is 9.48. The highest BCUT2D eigenvalue weighted by molar-refractivity contribution is 5.66. The van der Waals surface area contributed by atoms with E-state index in [-0.39, 0.29) is 23.8 Å². The van der Waals surface area contributed by atoms with Gasteiger partial charge in [0.15, 0.2) is 6.29 Å². The Morgan fingerprint density at radius 3 is 2.72 bits per heavy atom. The quantitative estimate of drug-likeness (QED) is 0.475. The Kier molecular flexibility index (Phi) is 4.71. The SMILES string of the molecule is CO[C@H]1O[C@@H]2[C@@H](C[C@@]3(C)CC[C@H]4[C@@H](CC=C5C[C@@H](OC(C)=O)CC[C@@]54C)[C@H]23)[C@@H]1C. The normalized spacial score (nSPS) is 53.3. The van der Waals surface area contributed by atoms with Gasteiger partial charge in [-0.2, -0.15) is 0 Å². The Bertz CT molecular complexity index is 716. The number of fused-ring (bicyclic) bond motifs is 7. The average molecular weight is 403 g/mol. The number of esters is 1. The second-order valence-corrected chi connectivity index (χ2v) is 11.3. The Balaban J connectivity index is 1.43. The Hall–Kier alpha value is -0.870. The van der Waals surface area contributed by atoms with E-state index in [2.05, 4.69) is 26.8 Å². The van der Waals surface area contributed by atoms with Crippen LogP contribution in [-0.2, 0) is 19.0 Å². The average Bonchev–Trinajstić information content (AvgIpc) is 3.13. The summed E-state index contributed by atoms with van der Waals surface area (Å²) in [4.78, 5) is 11.5. The molecule has 0 aromatic carbocycles. The third-order valence-corrected chi connectivity index (χ3v) is 9.87. The molecular weight excluding hydrogens is 364 g/mol. The summed E-state index contributed by atoms with van der Waals surface area (Å²) in [6.07, 6.45) is 11.2. The molecule has 4 aliphatic carbocycles. The molecule has 4 nitrogen and oxygen atoms in total. The third kappa shape index (κ3) is 2.88. The standard InChI is InChI=1S/C25H38O4/c1-14-19-13-24(3)10-9-20-18(21(24)22(19)29-23(14)27-5)7-6-16-12-17(28-15(2)26)8-11-25(16,20)4/h6,14,17-23H,7-13H2,1-5H3/t14-,17-,18+,19-,20-,21+,22+,23-,24+,25-/m0/s1. The number of rotatable bonds is 2. The summed E-state index contributed by atoms with van der Waals surface area (Å²) in [7, 11) is 1.79. The molecule has 0 N–H and O–H groups in total. The smallest absolute Gasteiger partial charge is 0.302 e. The molecule has 4 heteroatoms. The van der Waals surface area contributed by atoms with Crippen molar-refractivity contribution in [1.29, 1.82) is 0 Å². The first-order valence-electron chi connectivity index (χ1n) is 11.8. The van der Waals surface area contributed by atoms with Crippen LogP contribution in [0, 0.1) is 40.4 Å². The van der Waals surface area contributed by atoms with Crippen LogP contribution in [0.4, 0.5) is 0 Å². The molecule has 0 radical (unpaired) electrons. The monoisotopic (exact) mass is 402 g/mol. The summed E-state index contributed by atoms with van der Waals surface area (Å²) in [6, 6.07) is 0. The fourth-order valence-electron chi connectivity index (χ4n) is 8.51. The minimum Gasteiger partial charge on any atom is -0.462 e. The van der Waals surface area contributed by atoms with Crippen LogP contribution >= 0.6 is 0 Å². The van der Waals surface area contributed by atoms with E-state index >= 15 is 0 Å². The molecule has 0 amide bonds. The third-order valence-electron chi connectivity index (χ3n) is 9.87. The van der Waals surface area contributed by atoms with Crippen molar-refractivity contribution in [3.63, 3.8) is 0 Å². The predicted octanol–water partition coefficient (Wildman–Crippen LogP) is 5.11.